The number of amides is 1. The zero-order valence-electron chi connectivity index (χ0n) is 14.4. The molecule has 1 saturated heterocycles. The first-order valence-electron chi connectivity index (χ1n) is 8.30. The van der Waals surface area contributed by atoms with Gasteiger partial charge in [0.25, 0.3) is 5.91 Å². The minimum absolute atomic E-state index is 0.00271. The van der Waals surface area contributed by atoms with E-state index in [1.807, 2.05) is 24.3 Å². The Labute approximate surface area is 152 Å². The molecule has 0 saturated carbocycles. The molecule has 1 atom stereocenters. The summed E-state index contributed by atoms with van der Waals surface area (Å²) in [5.74, 6) is 1.16. The number of carbonyl (C=O) groups is 1. The first-order chi connectivity index (χ1) is 12.5. The van der Waals surface area contributed by atoms with Crippen molar-refractivity contribution in [3.8, 4) is 5.75 Å². The summed E-state index contributed by atoms with van der Waals surface area (Å²) in [4.78, 5) is 16.6. The third-order valence-electron chi connectivity index (χ3n) is 4.24. The lowest BCUT2D eigenvalue weighted by Gasteiger charge is -2.12. The van der Waals surface area contributed by atoms with Crippen LogP contribution in [0.15, 0.2) is 42.6 Å². The monoisotopic (exact) mass is 375 g/mol. The van der Waals surface area contributed by atoms with E-state index in [-0.39, 0.29) is 23.5 Å². The molecule has 3 rings (SSSR count). The lowest BCUT2D eigenvalue weighted by molar-refractivity contribution is 0.0941. The minimum atomic E-state index is -3.03. The summed E-state index contributed by atoms with van der Waals surface area (Å²) in [5, 5.41) is 5.95. The molecule has 0 radical (unpaired) electrons. The molecule has 138 valence electrons. The molecule has 1 aromatic heterocycles. The van der Waals surface area contributed by atoms with Gasteiger partial charge in [-0.15, -0.1) is 0 Å². The van der Waals surface area contributed by atoms with Crippen molar-refractivity contribution >= 4 is 21.6 Å². The predicted octanol–water partition coefficient (Wildman–Crippen LogP) is 1.62. The van der Waals surface area contributed by atoms with Gasteiger partial charge in [-0.3, -0.25) is 4.79 Å². The molecule has 26 heavy (non-hydrogen) atoms. The number of benzene rings is 1. The van der Waals surface area contributed by atoms with Gasteiger partial charge in [-0.1, -0.05) is 18.2 Å². The molecule has 1 unspecified atom stereocenters. The van der Waals surface area contributed by atoms with Crippen molar-refractivity contribution in [1.82, 2.24) is 10.3 Å². The Hall–Kier alpha value is -2.61. The van der Waals surface area contributed by atoms with Crippen molar-refractivity contribution in [2.24, 2.45) is 0 Å². The summed E-state index contributed by atoms with van der Waals surface area (Å²) in [5.41, 5.74) is 1.41. The highest BCUT2D eigenvalue weighted by Gasteiger charge is 2.29. The van der Waals surface area contributed by atoms with Crippen molar-refractivity contribution in [2.45, 2.75) is 19.0 Å². The van der Waals surface area contributed by atoms with E-state index in [2.05, 4.69) is 15.6 Å². The molecule has 2 N–H and O–H groups in total. The van der Waals surface area contributed by atoms with Crippen molar-refractivity contribution in [3.63, 3.8) is 0 Å². The molecule has 0 aliphatic carbocycles. The number of hydrogen-bond acceptors (Lipinski definition) is 6. The van der Waals surface area contributed by atoms with E-state index in [0.29, 0.717) is 24.3 Å². The van der Waals surface area contributed by atoms with Gasteiger partial charge in [0.2, 0.25) is 0 Å². The maximum Gasteiger partial charge on any atom is 0.251 e. The van der Waals surface area contributed by atoms with Gasteiger partial charge in [0.05, 0.1) is 18.6 Å². The molecule has 2 aromatic rings. The molecule has 8 heteroatoms. The van der Waals surface area contributed by atoms with Gasteiger partial charge in [-0.2, -0.15) is 0 Å². The highest BCUT2D eigenvalue weighted by molar-refractivity contribution is 7.91. The van der Waals surface area contributed by atoms with E-state index >= 15 is 0 Å². The number of pyridine rings is 1. The second kappa shape index (κ2) is 7.74. The van der Waals surface area contributed by atoms with E-state index in [4.69, 9.17) is 4.74 Å². The normalized spacial score (nSPS) is 18.3. The zero-order chi connectivity index (χ0) is 18.6. The molecule has 0 spiro atoms. The third-order valence-corrected chi connectivity index (χ3v) is 6.01. The molecule has 1 fully saturated rings. The lowest BCUT2D eigenvalue weighted by atomic mass is 10.2. The molecular weight excluding hydrogens is 354 g/mol. The molecule has 1 aliphatic rings. The molecule has 1 aliphatic heterocycles. The number of rotatable bonds is 6. The maximum atomic E-state index is 12.4. The summed E-state index contributed by atoms with van der Waals surface area (Å²) in [6, 6.07) is 10.6. The number of ether oxygens (including phenoxy) is 1. The van der Waals surface area contributed by atoms with Crippen LogP contribution in [0.3, 0.4) is 0 Å². The Bertz CT molecular complexity index is 899. The SMILES string of the molecule is COc1ccccc1CNc1cc(C(=O)NC2CCS(=O)(=O)C2)ccn1. The van der Waals surface area contributed by atoms with Crippen molar-refractivity contribution < 1.29 is 17.9 Å². The number of aromatic nitrogens is 1. The number of nitrogens with zero attached hydrogens (tertiary/aromatic N) is 1. The van der Waals surface area contributed by atoms with E-state index in [0.717, 1.165) is 11.3 Å². The van der Waals surface area contributed by atoms with Crippen LogP contribution in [0.1, 0.15) is 22.3 Å². The van der Waals surface area contributed by atoms with Crippen molar-refractivity contribution in [3.05, 3.63) is 53.7 Å². The lowest BCUT2D eigenvalue weighted by Crippen LogP contribution is -2.35. The number of nitrogens with one attached hydrogen (secondary N) is 2. The second-order valence-corrected chi connectivity index (χ2v) is 8.40. The fraction of sp³-hybridized carbons (Fsp3) is 0.333. The summed E-state index contributed by atoms with van der Waals surface area (Å²) in [7, 11) is -1.41. The van der Waals surface area contributed by atoms with Gasteiger partial charge < -0.3 is 15.4 Å². The van der Waals surface area contributed by atoms with E-state index in [9.17, 15) is 13.2 Å². The average molecular weight is 375 g/mol. The van der Waals surface area contributed by atoms with Crippen LogP contribution in [0.5, 0.6) is 5.75 Å². The molecule has 0 bridgehead atoms. The maximum absolute atomic E-state index is 12.4. The summed E-state index contributed by atoms with van der Waals surface area (Å²) in [6.45, 7) is 0.503. The van der Waals surface area contributed by atoms with Crippen LogP contribution >= 0.6 is 0 Å². The quantitative estimate of drug-likeness (QED) is 0.796. The summed E-state index contributed by atoms with van der Waals surface area (Å²) >= 11 is 0. The topological polar surface area (TPSA) is 97.4 Å². The number of anilines is 1. The van der Waals surface area contributed by atoms with Crippen LogP contribution in [-0.4, -0.2) is 44.0 Å². The van der Waals surface area contributed by atoms with Gasteiger partial charge in [0.15, 0.2) is 9.84 Å². The molecule has 2 heterocycles. The minimum Gasteiger partial charge on any atom is -0.496 e. The van der Waals surface area contributed by atoms with Crippen molar-refractivity contribution in [1.29, 1.82) is 0 Å². The Morgan fingerprint density at radius 1 is 1.31 bits per heavy atom. The fourth-order valence-electron chi connectivity index (χ4n) is 2.88. The number of methoxy groups -OCH3 is 1. The van der Waals surface area contributed by atoms with Gasteiger partial charge in [-0.05, 0) is 24.6 Å². The third kappa shape index (κ3) is 4.51. The molecule has 7 nitrogen and oxygen atoms in total. The van der Waals surface area contributed by atoms with E-state index < -0.39 is 9.84 Å². The van der Waals surface area contributed by atoms with Gasteiger partial charge in [0, 0.05) is 29.9 Å². The highest BCUT2D eigenvalue weighted by Crippen LogP contribution is 2.19. The molecular formula is C18H21N3O4S. The van der Waals surface area contributed by atoms with Crippen LogP contribution in [0.25, 0.3) is 0 Å². The zero-order valence-corrected chi connectivity index (χ0v) is 15.3. The first-order valence-corrected chi connectivity index (χ1v) is 10.1. The van der Waals surface area contributed by atoms with E-state index in [1.54, 1.807) is 25.4 Å². The Morgan fingerprint density at radius 3 is 2.85 bits per heavy atom. The first kappa shape index (κ1) is 18.2. The van der Waals surface area contributed by atoms with Gasteiger partial charge in [-0.25, -0.2) is 13.4 Å². The Balaban J connectivity index is 1.63. The molecule has 1 amide bonds. The number of para-hydroxylation sites is 1. The van der Waals surface area contributed by atoms with Crippen LogP contribution in [0.2, 0.25) is 0 Å². The van der Waals surface area contributed by atoms with Crippen molar-refractivity contribution in [2.75, 3.05) is 23.9 Å². The Morgan fingerprint density at radius 2 is 2.12 bits per heavy atom. The summed E-state index contributed by atoms with van der Waals surface area (Å²) in [6.07, 6.45) is 2.00. The van der Waals surface area contributed by atoms with Crippen LogP contribution in [0, 0.1) is 0 Å². The number of hydrogen-bond donors (Lipinski definition) is 2. The van der Waals surface area contributed by atoms with Gasteiger partial charge in [0.1, 0.15) is 11.6 Å². The average Bonchev–Trinajstić information content (AvgIpc) is 2.98. The standard InChI is InChI=1S/C18H21N3O4S/c1-25-16-5-3-2-4-14(16)11-20-17-10-13(6-8-19-17)18(22)21-15-7-9-26(23,24)12-15/h2-6,8,10,15H,7,9,11-12H2,1H3,(H,19,20)(H,21,22). The smallest absolute Gasteiger partial charge is 0.251 e. The number of carbonyl (C=O) groups excluding carboxylic acids is 1. The fourth-order valence-corrected chi connectivity index (χ4v) is 4.55. The predicted molar refractivity (Wildman–Crippen MR) is 99.1 cm³/mol. The second-order valence-electron chi connectivity index (χ2n) is 6.17. The highest BCUT2D eigenvalue weighted by atomic mass is 32.2. The van der Waals surface area contributed by atoms with Crippen LogP contribution in [-0.2, 0) is 16.4 Å². The Kier molecular flexibility index (Phi) is 5.41. The number of sulfone groups is 1. The summed E-state index contributed by atoms with van der Waals surface area (Å²) < 4.78 is 28.3. The van der Waals surface area contributed by atoms with Gasteiger partial charge >= 0.3 is 0 Å². The van der Waals surface area contributed by atoms with Crippen LogP contribution < -0.4 is 15.4 Å². The van der Waals surface area contributed by atoms with Crippen LogP contribution in [0.4, 0.5) is 5.82 Å². The van der Waals surface area contributed by atoms with E-state index in [1.165, 1.54) is 0 Å². The largest absolute Gasteiger partial charge is 0.496 e. The molecule has 1 aromatic carbocycles.